The number of rotatable bonds is 5. The van der Waals surface area contributed by atoms with Crippen LogP contribution in [0.25, 0.3) is 0 Å². The molecule has 0 unspecified atom stereocenters. The van der Waals surface area contributed by atoms with Crippen molar-refractivity contribution in [1.29, 1.82) is 5.41 Å². The van der Waals surface area contributed by atoms with E-state index in [4.69, 9.17) is 10.1 Å². The smallest absolute Gasteiger partial charge is 0.144 e. The van der Waals surface area contributed by atoms with E-state index in [1.54, 1.807) is 12.2 Å². The third-order valence-corrected chi connectivity index (χ3v) is 1.88. The van der Waals surface area contributed by atoms with Crippen molar-refractivity contribution in [2.75, 3.05) is 6.61 Å². The fourth-order valence-electron chi connectivity index (χ4n) is 1.21. The molecule has 0 aliphatic carbocycles. The summed E-state index contributed by atoms with van der Waals surface area (Å²) >= 11 is 0. The molecule has 1 aromatic rings. The second kappa shape index (κ2) is 5.81. The topological polar surface area (TPSA) is 33.1 Å². The van der Waals surface area contributed by atoms with Gasteiger partial charge in [0.1, 0.15) is 11.5 Å². The predicted molar refractivity (Wildman–Crippen MR) is 63.2 cm³/mol. The van der Waals surface area contributed by atoms with E-state index in [0.29, 0.717) is 18.1 Å². The van der Waals surface area contributed by atoms with Gasteiger partial charge in [-0.25, -0.2) is 0 Å². The minimum Gasteiger partial charge on any atom is -0.492 e. The Morgan fingerprint density at radius 1 is 1.40 bits per heavy atom. The van der Waals surface area contributed by atoms with Gasteiger partial charge in [-0.2, -0.15) is 0 Å². The van der Waals surface area contributed by atoms with E-state index in [0.717, 1.165) is 5.56 Å². The molecular formula is C13H15NO. The van der Waals surface area contributed by atoms with Crippen molar-refractivity contribution in [3.05, 3.63) is 60.4 Å². The summed E-state index contributed by atoms with van der Waals surface area (Å²) in [5.41, 5.74) is 1.23. The molecule has 0 fully saturated rings. The number of hydrogen-bond donors (Lipinski definition) is 1. The summed E-state index contributed by atoms with van der Waals surface area (Å²) in [4.78, 5) is 0. The molecule has 0 radical (unpaired) electrons. The number of ether oxygens (including phenoxy) is 1. The van der Waals surface area contributed by atoms with Crippen molar-refractivity contribution < 1.29 is 4.74 Å². The first-order valence-corrected chi connectivity index (χ1v) is 4.89. The second-order valence-corrected chi connectivity index (χ2v) is 2.94. The maximum absolute atomic E-state index is 7.95. The Morgan fingerprint density at radius 2 is 2.07 bits per heavy atom. The van der Waals surface area contributed by atoms with Gasteiger partial charge in [-0.1, -0.05) is 43.0 Å². The third kappa shape index (κ3) is 3.09. The fraction of sp³-hybridized carbons (Fsp3) is 0.154. The molecule has 0 aliphatic rings. The van der Waals surface area contributed by atoms with Gasteiger partial charge in [-0.05, 0) is 13.0 Å². The van der Waals surface area contributed by atoms with Gasteiger partial charge >= 0.3 is 0 Å². The normalized spacial score (nSPS) is 10.9. The summed E-state index contributed by atoms with van der Waals surface area (Å²) in [6.07, 6.45) is 3.33. The van der Waals surface area contributed by atoms with E-state index in [-0.39, 0.29) is 0 Å². The number of allylic oxidation sites excluding steroid dienone is 3. The Balaban J connectivity index is 2.91. The van der Waals surface area contributed by atoms with E-state index in [1.807, 2.05) is 37.3 Å². The van der Waals surface area contributed by atoms with Crippen molar-refractivity contribution in [3.8, 4) is 0 Å². The molecule has 0 amide bonds. The van der Waals surface area contributed by atoms with Crippen LogP contribution in [0.5, 0.6) is 0 Å². The number of benzene rings is 1. The molecule has 78 valence electrons. The zero-order chi connectivity index (χ0) is 11.1. The van der Waals surface area contributed by atoms with Crippen LogP contribution in [0.3, 0.4) is 0 Å². The van der Waals surface area contributed by atoms with Gasteiger partial charge < -0.3 is 4.74 Å². The average Bonchev–Trinajstić information content (AvgIpc) is 2.29. The lowest BCUT2D eigenvalue weighted by Crippen LogP contribution is -2.06. The standard InChI is InChI=1S/C13H15NO/c1-3-8-12(15-4-2)13(14)11-9-6-5-7-10-11/h3,5-10,14H,1,4H2,2H3/b12-8+,14-13?. The molecule has 0 heterocycles. The van der Waals surface area contributed by atoms with Gasteiger partial charge in [0.2, 0.25) is 0 Å². The van der Waals surface area contributed by atoms with Crippen LogP contribution in [0.4, 0.5) is 0 Å². The summed E-state index contributed by atoms with van der Waals surface area (Å²) in [6.45, 7) is 6.05. The zero-order valence-corrected chi connectivity index (χ0v) is 8.86. The van der Waals surface area contributed by atoms with E-state index >= 15 is 0 Å². The Bertz CT molecular complexity index is 365. The zero-order valence-electron chi connectivity index (χ0n) is 8.86. The second-order valence-electron chi connectivity index (χ2n) is 2.94. The molecule has 2 nitrogen and oxygen atoms in total. The maximum Gasteiger partial charge on any atom is 0.144 e. The quantitative estimate of drug-likeness (QED) is 0.443. The lowest BCUT2D eigenvalue weighted by Gasteiger charge is -2.09. The van der Waals surface area contributed by atoms with Crippen LogP contribution in [0.2, 0.25) is 0 Å². The highest BCUT2D eigenvalue weighted by Crippen LogP contribution is 2.09. The maximum atomic E-state index is 7.95. The monoisotopic (exact) mass is 201 g/mol. The van der Waals surface area contributed by atoms with Crippen LogP contribution in [-0.2, 0) is 4.74 Å². The van der Waals surface area contributed by atoms with Crippen LogP contribution in [0, 0.1) is 5.41 Å². The molecule has 15 heavy (non-hydrogen) atoms. The van der Waals surface area contributed by atoms with Crippen molar-refractivity contribution in [3.63, 3.8) is 0 Å². The molecule has 0 saturated heterocycles. The molecule has 0 atom stereocenters. The van der Waals surface area contributed by atoms with Gasteiger partial charge in [0, 0.05) is 5.56 Å². The minimum absolute atomic E-state index is 0.386. The highest BCUT2D eigenvalue weighted by atomic mass is 16.5. The molecule has 2 heteroatoms. The molecular weight excluding hydrogens is 186 g/mol. The molecule has 0 saturated carbocycles. The van der Waals surface area contributed by atoms with Crippen LogP contribution >= 0.6 is 0 Å². The minimum atomic E-state index is 0.386. The van der Waals surface area contributed by atoms with E-state index in [1.165, 1.54) is 0 Å². The average molecular weight is 201 g/mol. The molecule has 1 N–H and O–H groups in total. The summed E-state index contributed by atoms with van der Waals surface area (Å²) in [7, 11) is 0. The number of nitrogens with one attached hydrogen (secondary N) is 1. The van der Waals surface area contributed by atoms with E-state index < -0.39 is 0 Å². The van der Waals surface area contributed by atoms with E-state index in [9.17, 15) is 0 Å². The molecule has 0 aliphatic heterocycles. The van der Waals surface area contributed by atoms with Crippen molar-refractivity contribution >= 4 is 5.71 Å². The summed E-state index contributed by atoms with van der Waals surface area (Å²) in [5.74, 6) is 0.554. The van der Waals surface area contributed by atoms with Gasteiger partial charge in [0.05, 0.1) is 6.61 Å². The molecule has 0 aromatic heterocycles. The largest absolute Gasteiger partial charge is 0.492 e. The molecule has 1 aromatic carbocycles. The lowest BCUT2D eigenvalue weighted by molar-refractivity contribution is 0.249. The predicted octanol–water partition coefficient (Wildman–Crippen LogP) is 3.16. The lowest BCUT2D eigenvalue weighted by atomic mass is 10.1. The summed E-state index contributed by atoms with van der Waals surface area (Å²) < 4.78 is 5.36. The van der Waals surface area contributed by atoms with Gasteiger partial charge in [0.25, 0.3) is 0 Å². The Hall–Kier alpha value is -1.83. The van der Waals surface area contributed by atoms with Crippen molar-refractivity contribution in [1.82, 2.24) is 0 Å². The highest BCUT2D eigenvalue weighted by Gasteiger charge is 2.07. The van der Waals surface area contributed by atoms with E-state index in [2.05, 4.69) is 6.58 Å². The molecule has 1 rings (SSSR count). The van der Waals surface area contributed by atoms with Gasteiger partial charge in [-0.15, -0.1) is 0 Å². The van der Waals surface area contributed by atoms with Crippen LogP contribution < -0.4 is 0 Å². The Labute approximate surface area is 90.4 Å². The van der Waals surface area contributed by atoms with Crippen LogP contribution in [0.1, 0.15) is 12.5 Å². The summed E-state index contributed by atoms with van der Waals surface area (Å²) in [6, 6.07) is 9.51. The number of hydrogen-bond acceptors (Lipinski definition) is 2. The Kier molecular flexibility index (Phi) is 4.35. The highest BCUT2D eigenvalue weighted by molar-refractivity contribution is 6.09. The third-order valence-electron chi connectivity index (χ3n) is 1.88. The Morgan fingerprint density at radius 3 is 2.60 bits per heavy atom. The first-order chi connectivity index (χ1) is 7.29. The van der Waals surface area contributed by atoms with Gasteiger partial charge in [0.15, 0.2) is 0 Å². The van der Waals surface area contributed by atoms with Crippen molar-refractivity contribution in [2.24, 2.45) is 0 Å². The molecule has 0 bridgehead atoms. The first-order valence-electron chi connectivity index (χ1n) is 4.89. The summed E-state index contributed by atoms with van der Waals surface area (Å²) in [5, 5.41) is 7.95. The van der Waals surface area contributed by atoms with Crippen LogP contribution in [-0.4, -0.2) is 12.3 Å². The van der Waals surface area contributed by atoms with Crippen molar-refractivity contribution in [2.45, 2.75) is 6.92 Å². The molecule has 0 spiro atoms. The van der Waals surface area contributed by atoms with Gasteiger partial charge in [-0.3, -0.25) is 5.41 Å². The van der Waals surface area contributed by atoms with Crippen LogP contribution in [0.15, 0.2) is 54.8 Å². The first kappa shape index (κ1) is 11.2. The fourth-order valence-corrected chi connectivity index (χ4v) is 1.21. The SMILES string of the molecule is C=C/C=C(/OCC)C(=N)c1ccccc1.